The van der Waals surface area contributed by atoms with Crippen molar-refractivity contribution in [3.8, 4) is 5.75 Å². The van der Waals surface area contributed by atoms with Gasteiger partial charge in [-0.25, -0.2) is 8.42 Å². The fourth-order valence-corrected chi connectivity index (χ4v) is 4.16. The SMILES string of the molecule is O=C(CCOc1ccc(Cl)cc1)NC[C@H]1CCS(=O)(=O)C1. The molecule has 1 heterocycles. The first-order valence-electron chi connectivity index (χ1n) is 6.80. The molecule has 1 amide bonds. The van der Waals surface area contributed by atoms with Crippen LogP contribution in [0.3, 0.4) is 0 Å². The Bertz CT molecular complexity index is 585. The van der Waals surface area contributed by atoms with Crippen LogP contribution in [0.5, 0.6) is 5.75 Å². The molecule has 1 aliphatic heterocycles. The molecule has 1 fully saturated rings. The number of ether oxygens (including phenoxy) is 1. The summed E-state index contributed by atoms with van der Waals surface area (Å²) < 4.78 is 28.0. The van der Waals surface area contributed by atoms with Gasteiger partial charge in [-0.1, -0.05) is 11.6 Å². The maximum absolute atomic E-state index is 11.6. The van der Waals surface area contributed by atoms with Gasteiger partial charge in [0.1, 0.15) is 5.75 Å². The summed E-state index contributed by atoms with van der Waals surface area (Å²) in [6, 6.07) is 6.92. The monoisotopic (exact) mass is 331 g/mol. The van der Waals surface area contributed by atoms with Gasteiger partial charge >= 0.3 is 0 Å². The van der Waals surface area contributed by atoms with Gasteiger partial charge in [0.15, 0.2) is 9.84 Å². The van der Waals surface area contributed by atoms with Crippen LogP contribution in [0.25, 0.3) is 0 Å². The van der Waals surface area contributed by atoms with E-state index in [0.29, 0.717) is 23.7 Å². The maximum atomic E-state index is 11.6. The molecular weight excluding hydrogens is 314 g/mol. The average molecular weight is 332 g/mol. The Morgan fingerprint density at radius 3 is 2.67 bits per heavy atom. The Balaban J connectivity index is 1.63. The minimum absolute atomic E-state index is 0.0381. The number of hydrogen-bond donors (Lipinski definition) is 1. The van der Waals surface area contributed by atoms with Gasteiger partial charge in [-0.2, -0.15) is 0 Å². The van der Waals surface area contributed by atoms with Crippen LogP contribution in [-0.4, -0.2) is 39.0 Å². The lowest BCUT2D eigenvalue weighted by atomic mass is 10.1. The molecule has 1 aliphatic rings. The van der Waals surface area contributed by atoms with Crippen molar-refractivity contribution in [3.05, 3.63) is 29.3 Å². The third-order valence-electron chi connectivity index (χ3n) is 3.33. The lowest BCUT2D eigenvalue weighted by molar-refractivity contribution is -0.121. The van der Waals surface area contributed by atoms with Crippen LogP contribution in [0, 0.1) is 5.92 Å². The molecule has 1 saturated heterocycles. The van der Waals surface area contributed by atoms with Gasteiger partial charge in [-0.05, 0) is 36.6 Å². The number of nitrogens with one attached hydrogen (secondary N) is 1. The van der Waals surface area contributed by atoms with E-state index in [1.54, 1.807) is 24.3 Å². The van der Waals surface area contributed by atoms with Crippen molar-refractivity contribution in [2.24, 2.45) is 5.92 Å². The quantitative estimate of drug-likeness (QED) is 0.860. The Morgan fingerprint density at radius 2 is 2.05 bits per heavy atom. The van der Waals surface area contributed by atoms with Crippen molar-refractivity contribution in [2.75, 3.05) is 24.7 Å². The van der Waals surface area contributed by atoms with Gasteiger partial charge in [-0.15, -0.1) is 0 Å². The lowest BCUT2D eigenvalue weighted by Crippen LogP contribution is -2.30. The second-order valence-corrected chi connectivity index (χ2v) is 7.79. The molecule has 1 N–H and O–H groups in total. The summed E-state index contributed by atoms with van der Waals surface area (Å²) in [6.45, 7) is 0.690. The number of rotatable bonds is 6. The molecule has 2 rings (SSSR count). The number of sulfone groups is 1. The molecule has 1 aromatic rings. The number of carbonyl (C=O) groups excluding carboxylic acids is 1. The fourth-order valence-electron chi connectivity index (χ4n) is 2.17. The average Bonchev–Trinajstić information content (AvgIpc) is 2.78. The largest absolute Gasteiger partial charge is 0.493 e. The van der Waals surface area contributed by atoms with E-state index in [2.05, 4.69) is 5.32 Å². The highest BCUT2D eigenvalue weighted by Gasteiger charge is 2.27. The highest BCUT2D eigenvalue weighted by Crippen LogP contribution is 2.17. The van der Waals surface area contributed by atoms with Crippen molar-refractivity contribution in [3.63, 3.8) is 0 Å². The molecular formula is C14H18ClNO4S. The van der Waals surface area contributed by atoms with E-state index in [4.69, 9.17) is 16.3 Å². The molecule has 7 heteroatoms. The minimum atomic E-state index is -2.89. The van der Waals surface area contributed by atoms with E-state index in [-0.39, 0.29) is 36.4 Å². The predicted molar refractivity (Wildman–Crippen MR) is 81.3 cm³/mol. The Hall–Kier alpha value is -1.27. The van der Waals surface area contributed by atoms with Crippen molar-refractivity contribution in [1.82, 2.24) is 5.32 Å². The molecule has 116 valence electrons. The molecule has 5 nitrogen and oxygen atoms in total. The summed E-state index contributed by atoms with van der Waals surface area (Å²) in [4.78, 5) is 11.6. The second kappa shape index (κ2) is 7.13. The topological polar surface area (TPSA) is 72.5 Å². The summed E-state index contributed by atoms with van der Waals surface area (Å²) in [5.41, 5.74) is 0. The summed E-state index contributed by atoms with van der Waals surface area (Å²) in [5.74, 6) is 0.973. The number of hydrogen-bond acceptors (Lipinski definition) is 4. The first-order valence-corrected chi connectivity index (χ1v) is 9.00. The van der Waals surface area contributed by atoms with Crippen LogP contribution in [-0.2, 0) is 14.6 Å². The first kappa shape index (κ1) is 16.1. The molecule has 0 unspecified atom stereocenters. The molecule has 0 bridgehead atoms. The van der Waals surface area contributed by atoms with Crippen LogP contribution in [0.15, 0.2) is 24.3 Å². The van der Waals surface area contributed by atoms with E-state index < -0.39 is 9.84 Å². The number of carbonyl (C=O) groups is 1. The van der Waals surface area contributed by atoms with E-state index in [1.165, 1.54) is 0 Å². The molecule has 1 atom stereocenters. The van der Waals surface area contributed by atoms with Gasteiger partial charge in [0.05, 0.1) is 24.5 Å². The van der Waals surface area contributed by atoms with Crippen molar-refractivity contribution in [2.45, 2.75) is 12.8 Å². The third-order valence-corrected chi connectivity index (χ3v) is 5.42. The number of benzene rings is 1. The third kappa shape index (κ3) is 5.55. The van der Waals surface area contributed by atoms with E-state index in [0.717, 1.165) is 0 Å². The van der Waals surface area contributed by atoms with Crippen LogP contribution in [0.1, 0.15) is 12.8 Å². The fraction of sp³-hybridized carbons (Fsp3) is 0.500. The van der Waals surface area contributed by atoms with E-state index in [9.17, 15) is 13.2 Å². The predicted octanol–water partition coefficient (Wildman–Crippen LogP) is 1.66. The zero-order valence-electron chi connectivity index (χ0n) is 11.5. The lowest BCUT2D eigenvalue weighted by Gasteiger charge is -2.10. The molecule has 0 radical (unpaired) electrons. The van der Waals surface area contributed by atoms with Crippen LogP contribution < -0.4 is 10.1 Å². The van der Waals surface area contributed by atoms with Crippen LogP contribution in [0.4, 0.5) is 0 Å². The van der Waals surface area contributed by atoms with Gasteiger partial charge in [0.25, 0.3) is 0 Å². The number of amides is 1. The Kier molecular flexibility index (Phi) is 5.47. The van der Waals surface area contributed by atoms with Crippen molar-refractivity contribution < 1.29 is 17.9 Å². The van der Waals surface area contributed by atoms with Crippen molar-refractivity contribution >= 4 is 27.3 Å². The Morgan fingerprint density at radius 1 is 1.33 bits per heavy atom. The molecule has 0 aliphatic carbocycles. The summed E-state index contributed by atoms with van der Waals surface area (Å²) >= 11 is 5.76. The van der Waals surface area contributed by atoms with Gasteiger partial charge in [-0.3, -0.25) is 4.79 Å². The maximum Gasteiger partial charge on any atom is 0.223 e. The molecule has 21 heavy (non-hydrogen) atoms. The molecule has 0 aromatic heterocycles. The van der Waals surface area contributed by atoms with Gasteiger partial charge in [0, 0.05) is 11.6 Å². The van der Waals surface area contributed by atoms with Gasteiger partial charge < -0.3 is 10.1 Å². The number of halogens is 1. The zero-order valence-corrected chi connectivity index (χ0v) is 13.1. The highest BCUT2D eigenvalue weighted by atomic mass is 35.5. The standard InChI is InChI=1S/C14H18ClNO4S/c15-12-1-3-13(4-2-12)20-7-5-14(17)16-9-11-6-8-21(18,19)10-11/h1-4,11H,5-10H2,(H,16,17)/t11-/m1/s1. The van der Waals surface area contributed by atoms with Crippen LogP contribution >= 0.6 is 11.6 Å². The van der Waals surface area contributed by atoms with Crippen LogP contribution in [0.2, 0.25) is 5.02 Å². The summed E-state index contributed by atoms with van der Waals surface area (Å²) in [5, 5.41) is 3.38. The minimum Gasteiger partial charge on any atom is -0.493 e. The molecule has 1 aromatic carbocycles. The summed E-state index contributed by atoms with van der Waals surface area (Å²) in [6.07, 6.45) is 0.867. The van der Waals surface area contributed by atoms with E-state index in [1.807, 2.05) is 0 Å². The second-order valence-electron chi connectivity index (χ2n) is 5.13. The smallest absolute Gasteiger partial charge is 0.223 e. The van der Waals surface area contributed by atoms with Crippen molar-refractivity contribution in [1.29, 1.82) is 0 Å². The Labute approximate surface area is 129 Å². The first-order chi connectivity index (χ1) is 9.94. The molecule has 0 saturated carbocycles. The summed E-state index contributed by atoms with van der Waals surface area (Å²) in [7, 11) is -2.89. The van der Waals surface area contributed by atoms with E-state index >= 15 is 0 Å². The highest BCUT2D eigenvalue weighted by molar-refractivity contribution is 7.91. The normalized spacial score (nSPS) is 20.1. The van der Waals surface area contributed by atoms with Gasteiger partial charge in [0.2, 0.25) is 5.91 Å². The molecule has 0 spiro atoms. The zero-order chi connectivity index (χ0) is 15.3.